The number of ketones is 1. The highest BCUT2D eigenvalue weighted by Crippen LogP contribution is 2.05. The summed E-state index contributed by atoms with van der Waals surface area (Å²) in [5.74, 6) is 5.88. The summed E-state index contributed by atoms with van der Waals surface area (Å²) in [7, 11) is 0. The second kappa shape index (κ2) is 9.16. The Labute approximate surface area is 141 Å². The molecule has 0 bridgehead atoms. The number of carbonyl (C=O) groups is 2. The van der Waals surface area contributed by atoms with Gasteiger partial charge >= 0.3 is 6.09 Å². The van der Waals surface area contributed by atoms with Gasteiger partial charge in [-0.1, -0.05) is 61.2 Å². The molecule has 122 valence electrons. The van der Waals surface area contributed by atoms with Crippen molar-refractivity contribution in [3.05, 3.63) is 71.3 Å². The summed E-state index contributed by atoms with van der Waals surface area (Å²) in [4.78, 5) is 23.1. The molecule has 1 amide bonds. The quantitative estimate of drug-likeness (QED) is 0.677. The van der Waals surface area contributed by atoms with E-state index in [-0.39, 0.29) is 18.9 Å². The molecule has 0 radical (unpaired) electrons. The van der Waals surface area contributed by atoms with Gasteiger partial charge in [-0.25, -0.2) is 4.79 Å². The van der Waals surface area contributed by atoms with Gasteiger partial charge in [0.2, 0.25) is 0 Å². The second-order valence-electron chi connectivity index (χ2n) is 5.07. The van der Waals surface area contributed by atoms with E-state index >= 15 is 0 Å². The number of benzene rings is 2. The van der Waals surface area contributed by atoms with E-state index in [0.29, 0.717) is 12.0 Å². The van der Waals surface area contributed by atoms with E-state index in [1.165, 1.54) is 0 Å². The maximum atomic E-state index is 11.5. The Balaban J connectivity index is 1.75. The van der Waals surface area contributed by atoms with Gasteiger partial charge in [0.1, 0.15) is 6.61 Å². The van der Waals surface area contributed by atoms with Crippen molar-refractivity contribution in [2.24, 2.45) is 0 Å². The minimum absolute atomic E-state index is 0.109. The van der Waals surface area contributed by atoms with Crippen LogP contribution >= 0.6 is 0 Å². The van der Waals surface area contributed by atoms with Crippen molar-refractivity contribution in [1.82, 2.24) is 5.32 Å². The van der Waals surface area contributed by atoms with Crippen LogP contribution in [-0.2, 0) is 11.3 Å². The first-order valence-electron chi connectivity index (χ1n) is 7.75. The Morgan fingerprint density at radius 3 is 2.42 bits per heavy atom. The van der Waals surface area contributed by atoms with E-state index < -0.39 is 6.09 Å². The van der Waals surface area contributed by atoms with E-state index in [9.17, 15) is 9.59 Å². The molecule has 2 aromatic carbocycles. The third-order valence-corrected chi connectivity index (χ3v) is 3.29. The number of alkyl carbamates (subject to hydrolysis) is 1. The van der Waals surface area contributed by atoms with Crippen molar-refractivity contribution in [2.45, 2.75) is 20.0 Å². The minimum Gasteiger partial charge on any atom is -0.445 e. The third kappa shape index (κ3) is 5.62. The Bertz CT molecular complexity index is 740. The summed E-state index contributed by atoms with van der Waals surface area (Å²) >= 11 is 0. The average Bonchev–Trinajstić information content (AvgIpc) is 2.64. The van der Waals surface area contributed by atoms with E-state index in [4.69, 9.17) is 4.74 Å². The predicted octanol–water partition coefficient (Wildman–Crippen LogP) is 3.56. The third-order valence-electron chi connectivity index (χ3n) is 3.29. The topological polar surface area (TPSA) is 55.4 Å². The van der Waals surface area contributed by atoms with Crippen LogP contribution in [0.25, 0.3) is 0 Å². The van der Waals surface area contributed by atoms with Crippen LogP contribution in [0, 0.1) is 11.8 Å². The lowest BCUT2D eigenvalue weighted by Gasteiger charge is -2.04. The van der Waals surface area contributed by atoms with Crippen molar-refractivity contribution in [2.75, 3.05) is 6.54 Å². The molecule has 1 N–H and O–H groups in total. The Kier molecular flexibility index (Phi) is 6.60. The molecular formula is C20H19NO3. The van der Waals surface area contributed by atoms with Crippen molar-refractivity contribution in [1.29, 1.82) is 0 Å². The van der Waals surface area contributed by atoms with E-state index in [0.717, 1.165) is 11.1 Å². The number of nitrogens with one attached hydrogen (secondary N) is 1. The summed E-state index contributed by atoms with van der Waals surface area (Å²) in [6, 6.07) is 16.6. The fraction of sp³-hybridized carbons (Fsp3) is 0.200. The average molecular weight is 321 g/mol. The molecule has 2 aromatic rings. The van der Waals surface area contributed by atoms with Crippen LogP contribution in [0.4, 0.5) is 4.79 Å². The Morgan fingerprint density at radius 2 is 1.75 bits per heavy atom. The molecule has 4 nitrogen and oxygen atoms in total. The number of Topliss-reactive ketones (excluding diaryl/α,β-unsaturated/α-hetero) is 1. The lowest BCUT2D eigenvalue weighted by molar-refractivity contribution is 0.0988. The predicted molar refractivity (Wildman–Crippen MR) is 92.6 cm³/mol. The van der Waals surface area contributed by atoms with Gasteiger partial charge in [0, 0.05) is 17.5 Å². The molecule has 0 aliphatic rings. The molecule has 0 fully saturated rings. The van der Waals surface area contributed by atoms with Crippen LogP contribution in [0.1, 0.15) is 34.8 Å². The van der Waals surface area contributed by atoms with Crippen molar-refractivity contribution in [3.63, 3.8) is 0 Å². The SMILES string of the molecule is CCC(=O)c1ccc(C#CCNC(=O)OCc2ccccc2)cc1. The monoisotopic (exact) mass is 321 g/mol. The molecule has 0 saturated carbocycles. The highest BCUT2D eigenvalue weighted by Gasteiger charge is 2.02. The van der Waals surface area contributed by atoms with Crippen molar-refractivity contribution >= 4 is 11.9 Å². The molecule has 2 rings (SSSR count). The molecule has 0 aliphatic heterocycles. The maximum absolute atomic E-state index is 11.5. The number of ether oxygens (including phenoxy) is 1. The van der Waals surface area contributed by atoms with E-state index in [2.05, 4.69) is 17.2 Å². The number of carbonyl (C=O) groups excluding carboxylic acids is 2. The summed E-state index contributed by atoms with van der Waals surface area (Å²) in [5, 5.41) is 2.57. The molecule has 0 saturated heterocycles. The molecule has 24 heavy (non-hydrogen) atoms. The zero-order chi connectivity index (χ0) is 17.2. The van der Waals surface area contributed by atoms with Crippen LogP contribution in [-0.4, -0.2) is 18.4 Å². The standard InChI is InChI=1S/C20H19NO3/c1-2-19(22)18-12-10-16(11-13-18)9-6-14-21-20(23)24-15-17-7-4-3-5-8-17/h3-5,7-8,10-13H,2,14-15H2,1H3,(H,21,23). The van der Waals surface area contributed by atoms with Gasteiger partial charge in [-0.3, -0.25) is 4.79 Å². The van der Waals surface area contributed by atoms with Crippen LogP contribution in [0.5, 0.6) is 0 Å². The second-order valence-corrected chi connectivity index (χ2v) is 5.07. The van der Waals surface area contributed by atoms with Gasteiger partial charge in [-0.15, -0.1) is 0 Å². The number of hydrogen-bond donors (Lipinski definition) is 1. The Morgan fingerprint density at radius 1 is 1.04 bits per heavy atom. The fourth-order valence-corrected chi connectivity index (χ4v) is 1.98. The maximum Gasteiger partial charge on any atom is 0.408 e. The van der Waals surface area contributed by atoms with Gasteiger partial charge in [-0.05, 0) is 17.7 Å². The Hall–Kier alpha value is -3.06. The van der Waals surface area contributed by atoms with Gasteiger partial charge in [-0.2, -0.15) is 0 Å². The summed E-state index contributed by atoms with van der Waals surface area (Å²) < 4.78 is 5.08. The number of hydrogen-bond acceptors (Lipinski definition) is 3. The van der Waals surface area contributed by atoms with Crippen LogP contribution < -0.4 is 5.32 Å². The van der Waals surface area contributed by atoms with Crippen LogP contribution in [0.3, 0.4) is 0 Å². The molecule has 0 aliphatic carbocycles. The minimum atomic E-state index is -0.503. The zero-order valence-corrected chi connectivity index (χ0v) is 13.5. The van der Waals surface area contributed by atoms with Gasteiger partial charge in [0.25, 0.3) is 0 Å². The van der Waals surface area contributed by atoms with Gasteiger partial charge in [0.05, 0.1) is 6.54 Å². The zero-order valence-electron chi connectivity index (χ0n) is 13.5. The fourth-order valence-electron chi connectivity index (χ4n) is 1.98. The molecule has 4 heteroatoms. The number of rotatable bonds is 5. The van der Waals surface area contributed by atoms with E-state index in [1.54, 1.807) is 24.3 Å². The number of amides is 1. The van der Waals surface area contributed by atoms with Crippen molar-refractivity contribution < 1.29 is 14.3 Å². The molecule has 0 heterocycles. The van der Waals surface area contributed by atoms with Gasteiger partial charge in [0.15, 0.2) is 5.78 Å². The smallest absolute Gasteiger partial charge is 0.408 e. The molecular weight excluding hydrogens is 302 g/mol. The van der Waals surface area contributed by atoms with Gasteiger partial charge < -0.3 is 10.1 Å². The van der Waals surface area contributed by atoms with Crippen LogP contribution in [0.15, 0.2) is 54.6 Å². The lowest BCUT2D eigenvalue weighted by Crippen LogP contribution is -2.24. The van der Waals surface area contributed by atoms with E-state index in [1.807, 2.05) is 37.3 Å². The molecule has 0 spiro atoms. The van der Waals surface area contributed by atoms with Crippen LogP contribution in [0.2, 0.25) is 0 Å². The highest BCUT2D eigenvalue weighted by atomic mass is 16.5. The molecule has 0 aromatic heterocycles. The highest BCUT2D eigenvalue weighted by molar-refractivity contribution is 5.95. The lowest BCUT2D eigenvalue weighted by atomic mass is 10.1. The summed E-state index contributed by atoms with van der Waals surface area (Å²) in [5.41, 5.74) is 2.41. The first-order chi connectivity index (χ1) is 11.7. The first-order valence-corrected chi connectivity index (χ1v) is 7.75. The normalized spacial score (nSPS) is 9.54. The molecule has 0 atom stereocenters. The first kappa shape index (κ1) is 17.3. The molecule has 0 unspecified atom stereocenters. The van der Waals surface area contributed by atoms with Crippen molar-refractivity contribution in [3.8, 4) is 11.8 Å². The summed E-state index contributed by atoms with van der Waals surface area (Å²) in [6.45, 7) is 2.26. The largest absolute Gasteiger partial charge is 0.445 e. The summed E-state index contributed by atoms with van der Waals surface area (Å²) in [6.07, 6.45) is -0.0166.